The van der Waals surface area contributed by atoms with Crippen LogP contribution in [0.3, 0.4) is 0 Å². The monoisotopic (exact) mass is 340 g/mol. The van der Waals surface area contributed by atoms with E-state index in [0.717, 1.165) is 11.9 Å². The molecule has 0 fully saturated rings. The van der Waals surface area contributed by atoms with Gasteiger partial charge in [0.15, 0.2) is 11.6 Å². The minimum Gasteiger partial charge on any atom is -0.508 e. The minimum absolute atomic E-state index is 0.0433. The molecule has 128 valence electrons. The fourth-order valence-corrected chi connectivity index (χ4v) is 2.17. The largest absolute Gasteiger partial charge is 0.508 e. The summed E-state index contributed by atoms with van der Waals surface area (Å²) in [4.78, 5) is 8.04. The van der Waals surface area contributed by atoms with E-state index >= 15 is 0 Å². The molecule has 1 heterocycles. The van der Waals surface area contributed by atoms with E-state index in [-0.39, 0.29) is 17.5 Å². The van der Waals surface area contributed by atoms with Crippen molar-refractivity contribution in [3.05, 3.63) is 60.5 Å². The summed E-state index contributed by atoms with van der Waals surface area (Å²) in [5, 5.41) is 15.3. The van der Waals surface area contributed by atoms with Gasteiger partial charge in [-0.25, -0.2) is 9.37 Å². The molecule has 0 atom stereocenters. The Morgan fingerprint density at radius 3 is 2.60 bits per heavy atom. The number of nitrogens with zero attached hydrogens (tertiary/aromatic N) is 2. The fraction of sp³-hybridized carbons (Fsp3) is 0.111. The highest BCUT2D eigenvalue weighted by Gasteiger charge is 2.08. The predicted octanol–water partition coefficient (Wildman–Crippen LogP) is 4.21. The van der Waals surface area contributed by atoms with Crippen LogP contribution in [0.4, 0.5) is 27.5 Å². The third-order valence-corrected chi connectivity index (χ3v) is 3.27. The lowest BCUT2D eigenvalue weighted by Crippen LogP contribution is -2.03. The molecule has 3 N–H and O–H groups in total. The number of phenolic OH excluding ortho intramolecular Hbond substituents is 1. The van der Waals surface area contributed by atoms with Crippen molar-refractivity contribution in [2.24, 2.45) is 0 Å². The van der Waals surface area contributed by atoms with E-state index in [1.807, 2.05) is 6.92 Å². The van der Waals surface area contributed by atoms with Gasteiger partial charge in [-0.15, -0.1) is 0 Å². The van der Waals surface area contributed by atoms with E-state index in [0.29, 0.717) is 18.0 Å². The molecule has 0 unspecified atom stereocenters. The standard InChI is InChI=1S/C18H17FN4O2/c1-2-25-15-8-6-12(7-9-15)21-17-16(19)11-20-18(23-17)22-13-4-3-5-14(24)10-13/h3-11,24H,2H2,1H3,(H2,20,21,22,23). The van der Waals surface area contributed by atoms with E-state index in [9.17, 15) is 9.50 Å². The number of rotatable bonds is 6. The molecule has 1 aromatic heterocycles. The van der Waals surface area contributed by atoms with Gasteiger partial charge in [0.05, 0.1) is 12.8 Å². The summed E-state index contributed by atoms with van der Waals surface area (Å²) in [6, 6.07) is 13.6. The van der Waals surface area contributed by atoms with E-state index in [1.165, 1.54) is 6.07 Å². The van der Waals surface area contributed by atoms with E-state index in [1.54, 1.807) is 42.5 Å². The van der Waals surface area contributed by atoms with Gasteiger partial charge in [-0.3, -0.25) is 0 Å². The molecule has 25 heavy (non-hydrogen) atoms. The molecule has 3 aromatic rings. The Bertz CT molecular complexity index is 856. The van der Waals surface area contributed by atoms with Gasteiger partial charge in [-0.05, 0) is 43.3 Å². The van der Waals surface area contributed by atoms with Crippen LogP contribution in [0, 0.1) is 5.82 Å². The molecule has 2 aromatic carbocycles. The first-order valence-electron chi connectivity index (χ1n) is 7.72. The van der Waals surface area contributed by atoms with Gasteiger partial charge in [-0.1, -0.05) is 6.07 Å². The Hall–Kier alpha value is -3.35. The SMILES string of the molecule is CCOc1ccc(Nc2nc(Nc3cccc(O)c3)ncc2F)cc1. The number of aromatic hydroxyl groups is 1. The summed E-state index contributed by atoms with van der Waals surface area (Å²) in [7, 11) is 0. The summed E-state index contributed by atoms with van der Waals surface area (Å²) in [5.41, 5.74) is 1.27. The molecule has 0 spiro atoms. The van der Waals surface area contributed by atoms with Crippen LogP contribution >= 0.6 is 0 Å². The summed E-state index contributed by atoms with van der Waals surface area (Å²) < 4.78 is 19.4. The lowest BCUT2D eigenvalue weighted by molar-refractivity contribution is 0.340. The number of ether oxygens (including phenoxy) is 1. The van der Waals surface area contributed by atoms with Crippen LogP contribution < -0.4 is 15.4 Å². The van der Waals surface area contributed by atoms with Crippen molar-refractivity contribution in [1.82, 2.24) is 9.97 Å². The molecule has 0 bridgehead atoms. The Morgan fingerprint density at radius 1 is 1.08 bits per heavy atom. The van der Waals surface area contributed by atoms with Gasteiger partial charge in [0.1, 0.15) is 11.5 Å². The quantitative estimate of drug-likeness (QED) is 0.624. The fourth-order valence-electron chi connectivity index (χ4n) is 2.17. The van der Waals surface area contributed by atoms with E-state index in [2.05, 4.69) is 20.6 Å². The van der Waals surface area contributed by atoms with Gasteiger partial charge >= 0.3 is 0 Å². The number of aromatic nitrogens is 2. The number of hydrogen-bond donors (Lipinski definition) is 3. The number of nitrogens with one attached hydrogen (secondary N) is 2. The molecule has 0 saturated carbocycles. The molecule has 0 aliphatic heterocycles. The first-order valence-corrected chi connectivity index (χ1v) is 7.72. The van der Waals surface area contributed by atoms with Crippen molar-refractivity contribution in [3.63, 3.8) is 0 Å². The maximum Gasteiger partial charge on any atom is 0.229 e. The second-order valence-electron chi connectivity index (χ2n) is 5.15. The van der Waals surface area contributed by atoms with Crippen molar-refractivity contribution in [2.75, 3.05) is 17.2 Å². The molecule has 0 amide bonds. The van der Waals surface area contributed by atoms with E-state index in [4.69, 9.17) is 4.74 Å². The highest BCUT2D eigenvalue weighted by molar-refractivity contribution is 5.61. The highest BCUT2D eigenvalue weighted by atomic mass is 19.1. The average molecular weight is 340 g/mol. The minimum atomic E-state index is -0.574. The summed E-state index contributed by atoms with van der Waals surface area (Å²) >= 11 is 0. The summed E-state index contributed by atoms with van der Waals surface area (Å²) in [6.07, 6.45) is 1.08. The Labute approximate surface area is 144 Å². The van der Waals surface area contributed by atoms with Crippen LogP contribution in [-0.2, 0) is 0 Å². The first kappa shape index (κ1) is 16.5. The summed E-state index contributed by atoms with van der Waals surface area (Å²) in [5.74, 6) is 0.528. The molecular weight excluding hydrogens is 323 g/mol. The van der Waals surface area contributed by atoms with Crippen molar-refractivity contribution in [1.29, 1.82) is 0 Å². The second kappa shape index (κ2) is 7.48. The van der Waals surface area contributed by atoms with Crippen LogP contribution in [0.5, 0.6) is 11.5 Å². The topological polar surface area (TPSA) is 79.3 Å². The normalized spacial score (nSPS) is 10.3. The zero-order valence-corrected chi connectivity index (χ0v) is 13.5. The van der Waals surface area contributed by atoms with Crippen LogP contribution in [-0.4, -0.2) is 21.7 Å². The molecule has 0 aliphatic rings. The van der Waals surface area contributed by atoms with Crippen molar-refractivity contribution in [3.8, 4) is 11.5 Å². The third kappa shape index (κ3) is 4.35. The smallest absolute Gasteiger partial charge is 0.229 e. The van der Waals surface area contributed by atoms with Crippen molar-refractivity contribution < 1.29 is 14.2 Å². The van der Waals surface area contributed by atoms with Crippen molar-refractivity contribution in [2.45, 2.75) is 6.92 Å². The van der Waals surface area contributed by atoms with Gasteiger partial charge in [0, 0.05) is 17.4 Å². The maximum atomic E-state index is 14.0. The molecule has 3 rings (SSSR count). The summed E-state index contributed by atoms with van der Waals surface area (Å²) in [6.45, 7) is 2.49. The molecule has 0 aliphatic carbocycles. The molecule has 6 nitrogen and oxygen atoms in total. The van der Waals surface area contributed by atoms with Crippen LogP contribution in [0.15, 0.2) is 54.7 Å². The Kier molecular flexibility index (Phi) is 4.94. The number of anilines is 4. The number of halogens is 1. The van der Waals surface area contributed by atoms with Crippen LogP contribution in [0.2, 0.25) is 0 Å². The van der Waals surface area contributed by atoms with Gasteiger partial charge in [0.25, 0.3) is 0 Å². The molecular formula is C18H17FN4O2. The number of phenols is 1. The number of benzene rings is 2. The van der Waals surface area contributed by atoms with Crippen LogP contribution in [0.25, 0.3) is 0 Å². The van der Waals surface area contributed by atoms with Crippen LogP contribution in [0.1, 0.15) is 6.92 Å². The predicted molar refractivity (Wildman–Crippen MR) is 94.3 cm³/mol. The van der Waals surface area contributed by atoms with Gasteiger partial charge in [-0.2, -0.15) is 4.98 Å². The first-order chi connectivity index (χ1) is 12.1. The Morgan fingerprint density at radius 2 is 1.88 bits per heavy atom. The zero-order chi connectivity index (χ0) is 17.6. The highest BCUT2D eigenvalue weighted by Crippen LogP contribution is 2.23. The second-order valence-corrected chi connectivity index (χ2v) is 5.15. The van der Waals surface area contributed by atoms with E-state index < -0.39 is 5.82 Å². The third-order valence-electron chi connectivity index (χ3n) is 3.27. The van der Waals surface area contributed by atoms with Gasteiger partial charge < -0.3 is 20.5 Å². The van der Waals surface area contributed by atoms with Gasteiger partial charge in [0.2, 0.25) is 5.95 Å². The molecule has 0 radical (unpaired) electrons. The molecule has 0 saturated heterocycles. The lowest BCUT2D eigenvalue weighted by Gasteiger charge is -2.10. The zero-order valence-electron chi connectivity index (χ0n) is 13.5. The lowest BCUT2D eigenvalue weighted by atomic mass is 10.3. The maximum absolute atomic E-state index is 14.0. The average Bonchev–Trinajstić information content (AvgIpc) is 2.60. The Balaban J connectivity index is 1.77. The van der Waals surface area contributed by atoms with Crippen molar-refractivity contribution >= 4 is 23.1 Å². The molecule has 7 heteroatoms. The number of hydrogen-bond acceptors (Lipinski definition) is 6.